The van der Waals surface area contributed by atoms with E-state index in [4.69, 9.17) is 19.9 Å². The first-order valence-electron chi connectivity index (χ1n) is 8.39. The van der Waals surface area contributed by atoms with Gasteiger partial charge >= 0.3 is 0 Å². The third-order valence-corrected chi connectivity index (χ3v) is 6.46. The molecule has 9 nitrogen and oxygen atoms in total. The molecule has 0 aliphatic rings. The van der Waals surface area contributed by atoms with Gasteiger partial charge in [0.15, 0.2) is 16.6 Å². The molecule has 11 heteroatoms. The van der Waals surface area contributed by atoms with Gasteiger partial charge in [-0.2, -0.15) is 0 Å². The topological polar surface area (TPSA) is 129 Å². The number of aromatic amines is 1. The van der Waals surface area contributed by atoms with Crippen LogP contribution >= 0.6 is 23.1 Å². The molecule has 29 heavy (non-hydrogen) atoms. The molecule has 3 aromatic rings. The van der Waals surface area contributed by atoms with Crippen LogP contribution < -0.4 is 25.3 Å². The van der Waals surface area contributed by atoms with E-state index in [1.54, 1.807) is 19.1 Å². The van der Waals surface area contributed by atoms with Gasteiger partial charge in [0.1, 0.15) is 11.4 Å². The summed E-state index contributed by atoms with van der Waals surface area (Å²) in [5.74, 6) is 0.868. The standard InChI is InChI=1S/C18H20N4O5S2/c1-8-17(28-7-13(19)23)29-18(20-8)22-16(24)10-5-9-11(25-2)6-12(26-3)15(27-4)14(9)21-10/h5-6,21H,7H2,1-4H3,(H2,19,23)(H,20,22,24). The molecule has 4 N–H and O–H groups in total. The molecule has 2 heterocycles. The number of benzene rings is 1. The minimum absolute atomic E-state index is 0.153. The van der Waals surface area contributed by atoms with Gasteiger partial charge in [-0.25, -0.2) is 4.98 Å². The second-order valence-corrected chi connectivity index (χ2v) is 8.13. The normalized spacial score (nSPS) is 10.8. The fraction of sp³-hybridized carbons (Fsp3) is 0.278. The first-order valence-corrected chi connectivity index (χ1v) is 10.2. The van der Waals surface area contributed by atoms with Gasteiger partial charge in [-0.3, -0.25) is 14.9 Å². The van der Waals surface area contributed by atoms with Crippen LogP contribution in [0, 0.1) is 6.92 Å². The number of primary amides is 1. The minimum atomic E-state index is -0.412. The number of anilines is 1. The number of nitrogens with one attached hydrogen (secondary N) is 2. The summed E-state index contributed by atoms with van der Waals surface area (Å²) in [5.41, 5.74) is 6.80. The largest absolute Gasteiger partial charge is 0.496 e. The van der Waals surface area contributed by atoms with Crippen molar-refractivity contribution in [3.8, 4) is 17.2 Å². The molecule has 2 aromatic heterocycles. The molecule has 0 saturated heterocycles. The predicted molar refractivity (Wildman–Crippen MR) is 113 cm³/mol. The van der Waals surface area contributed by atoms with Gasteiger partial charge in [0.25, 0.3) is 5.91 Å². The van der Waals surface area contributed by atoms with E-state index >= 15 is 0 Å². The van der Waals surface area contributed by atoms with Gasteiger partial charge in [0, 0.05) is 11.5 Å². The molecular formula is C18H20N4O5S2. The van der Waals surface area contributed by atoms with Crippen LogP contribution in [0.3, 0.4) is 0 Å². The molecule has 0 aliphatic heterocycles. The molecule has 154 valence electrons. The SMILES string of the molecule is COc1cc(OC)c2cc(C(=O)Nc3nc(C)c(SCC(N)=O)s3)[nH]c2c1OC. The van der Waals surface area contributed by atoms with Crippen molar-refractivity contribution in [1.82, 2.24) is 9.97 Å². The van der Waals surface area contributed by atoms with Crippen molar-refractivity contribution in [1.29, 1.82) is 0 Å². The highest BCUT2D eigenvalue weighted by Crippen LogP contribution is 2.41. The van der Waals surface area contributed by atoms with Crippen LogP contribution in [0.1, 0.15) is 16.2 Å². The molecule has 0 bridgehead atoms. The lowest BCUT2D eigenvalue weighted by atomic mass is 10.2. The van der Waals surface area contributed by atoms with E-state index in [1.807, 2.05) is 0 Å². The Bertz CT molecular complexity index is 1080. The number of thioether (sulfide) groups is 1. The van der Waals surface area contributed by atoms with E-state index in [1.165, 1.54) is 44.4 Å². The molecule has 3 rings (SSSR count). The van der Waals surface area contributed by atoms with Crippen molar-refractivity contribution in [2.45, 2.75) is 11.1 Å². The predicted octanol–water partition coefficient (Wildman–Crippen LogP) is 2.79. The van der Waals surface area contributed by atoms with Crippen LogP contribution in [0.25, 0.3) is 10.9 Å². The average molecular weight is 437 g/mol. The molecule has 0 spiro atoms. The van der Waals surface area contributed by atoms with E-state index < -0.39 is 5.91 Å². The first-order chi connectivity index (χ1) is 13.9. The van der Waals surface area contributed by atoms with Crippen molar-refractivity contribution >= 4 is 50.9 Å². The van der Waals surface area contributed by atoms with E-state index in [-0.39, 0.29) is 11.7 Å². The zero-order valence-corrected chi connectivity index (χ0v) is 17.9. The number of thiazole rings is 1. The number of methoxy groups -OCH3 is 3. The number of H-pyrrole nitrogens is 1. The molecule has 0 unspecified atom stereocenters. The maximum Gasteiger partial charge on any atom is 0.273 e. The van der Waals surface area contributed by atoms with Crippen LogP contribution in [0.15, 0.2) is 16.3 Å². The first kappa shape index (κ1) is 20.8. The summed E-state index contributed by atoms with van der Waals surface area (Å²) < 4.78 is 17.0. The number of carbonyl (C=O) groups is 2. The monoisotopic (exact) mass is 436 g/mol. The number of aryl methyl sites for hydroxylation is 1. The Morgan fingerprint density at radius 1 is 1.21 bits per heavy atom. The molecule has 0 radical (unpaired) electrons. The van der Waals surface area contributed by atoms with Gasteiger partial charge in [-0.05, 0) is 13.0 Å². The van der Waals surface area contributed by atoms with E-state index in [0.29, 0.717) is 39.0 Å². The van der Waals surface area contributed by atoms with Crippen molar-refractivity contribution in [3.63, 3.8) is 0 Å². The Balaban J connectivity index is 1.90. The molecule has 0 fully saturated rings. The smallest absolute Gasteiger partial charge is 0.273 e. The summed E-state index contributed by atoms with van der Waals surface area (Å²) >= 11 is 2.57. The third-order valence-electron chi connectivity index (χ3n) is 4.00. The minimum Gasteiger partial charge on any atom is -0.496 e. The van der Waals surface area contributed by atoms with Gasteiger partial charge in [-0.1, -0.05) is 11.3 Å². The zero-order valence-electron chi connectivity index (χ0n) is 16.2. The number of carbonyl (C=O) groups excluding carboxylic acids is 2. The number of aromatic nitrogens is 2. The lowest BCUT2D eigenvalue weighted by molar-refractivity contribution is -0.115. The summed E-state index contributed by atoms with van der Waals surface area (Å²) in [4.78, 5) is 31.1. The number of rotatable bonds is 8. The van der Waals surface area contributed by atoms with Crippen LogP contribution in [0.5, 0.6) is 17.2 Å². The maximum absolute atomic E-state index is 12.8. The summed E-state index contributed by atoms with van der Waals surface area (Å²) in [6.45, 7) is 1.81. The van der Waals surface area contributed by atoms with Gasteiger partial charge in [-0.15, -0.1) is 11.8 Å². The fourth-order valence-corrected chi connectivity index (χ4v) is 4.60. The summed E-state index contributed by atoms with van der Waals surface area (Å²) in [6, 6.07) is 3.37. The quantitative estimate of drug-likeness (QED) is 0.463. The molecular weight excluding hydrogens is 416 g/mol. The highest BCUT2D eigenvalue weighted by Gasteiger charge is 2.20. The lowest BCUT2D eigenvalue weighted by Gasteiger charge is -2.11. The fourth-order valence-electron chi connectivity index (χ4n) is 2.73. The molecule has 0 aliphatic carbocycles. The van der Waals surface area contributed by atoms with Crippen LogP contribution in [0.4, 0.5) is 5.13 Å². The average Bonchev–Trinajstić information content (AvgIpc) is 3.28. The number of hydrogen-bond donors (Lipinski definition) is 3. The van der Waals surface area contributed by atoms with Crippen molar-refractivity contribution in [2.75, 3.05) is 32.4 Å². The second-order valence-electron chi connectivity index (χ2n) is 5.89. The van der Waals surface area contributed by atoms with Crippen molar-refractivity contribution < 1.29 is 23.8 Å². The van der Waals surface area contributed by atoms with E-state index in [2.05, 4.69) is 15.3 Å². The van der Waals surface area contributed by atoms with Gasteiger partial charge in [0.2, 0.25) is 5.91 Å². The highest BCUT2D eigenvalue weighted by atomic mass is 32.2. The Kier molecular flexibility index (Phi) is 6.18. The Hall–Kier alpha value is -2.92. The molecule has 2 amide bonds. The highest BCUT2D eigenvalue weighted by molar-refractivity contribution is 8.01. The maximum atomic E-state index is 12.8. The third kappa shape index (κ3) is 4.25. The summed E-state index contributed by atoms with van der Waals surface area (Å²) in [5, 5.41) is 3.88. The van der Waals surface area contributed by atoms with Crippen molar-refractivity contribution in [3.05, 3.63) is 23.5 Å². The second kappa shape index (κ2) is 8.62. The number of fused-ring (bicyclic) bond motifs is 1. The molecule has 0 saturated carbocycles. The number of nitrogens with two attached hydrogens (primary N) is 1. The molecule has 0 atom stereocenters. The summed E-state index contributed by atoms with van der Waals surface area (Å²) in [7, 11) is 4.59. The zero-order chi connectivity index (χ0) is 21.1. The lowest BCUT2D eigenvalue weighted by Crippen LogP contribution is -2.12. The van der Waals surface area contributed by atoms with E-state index in [9.17, 15) is 9.59 Å². The van der Waals surface area contributed by atoms with Crippen LogP contribution in [-0.4, -0.2) is 48.9 Å². The Morgan fingerprint density at radius 3 is 2.55 bits per heavy atom. The van der Waals surface area contributed by atoms with Crippen LogP contribution in [0.2, 0.25) is 0 Å². The van der Waals surface area contributed by atoms with E-state index in [0.717, 1.165) is 9.90 Å². The Morgan fingerprint density at radius 2 is 1.93 bits per heavy atom. The van der Waals surface area contributed by atoms with Gasteiger partial charge < -0.3 is 24.9 Å². The van der Waals surface area contributed by atoms with Gasteiger partial charge in [0.05, 0.1) is 42.5 Å². The van der Waals surface area contributed by atoms with Crippen molar-refractivity contribution in [2.24, 2.45) is 5.73 Å². The number of amides is 2. The number of ether oxygens (including phenoxy) is 3. The number of hydrogen-bond acceptors (Lipinski definition) is 8. The number of nitrogens with zero attached hydrogens (tertiary/aromatic N) is 1. The molecule has 1 aromatic carbocycles. The Labute approximate surface area is 174 Å². The summed E-state index contributed by atoms with van der Waals surface area (Å²) in [6.07, 6.45) is 0. The van der Waals surface area contributed by atoms with Crippen LogP contribution in [-0.2, 0) is 4.79 Å².